The van der Waals surface area contributed by atoms with Crippen molar-refractivity contribution in [2.75, 3.05) is 0 Å². The molecule has 300 valence electrons. The molecule has 3 aliphatic rings. The number of fused-ring (bicyclic) bond motifs is 7. The lowest BCUT2D eigenvalue weighted by atomic mass is 9.78. The summed E-state index contributed by atoms with van der Waals surface area (Å²) in [6.07, 6.45) is 10.0. The highest BCUT2D eigenvalue weighted by Gasteiger charge is 2.46. The van der Waals surface area contributed by atoms with E-state index in [0.717, 1.165) is 22.1 Å². The van der Waals surface area contributed by atoms with E-state index in [1.54, 1.807) is 0 Å². The summed E-state index contributed by atoms with van der Waals surface area (Å²) in [4.78, 5) is 8.25. The average Bonchev–Trinajstić information content (AvgIpc) is 4.14. The monoisotopic (exact) mass is 826 g/mol. The molecule has 2 saturated carbocycles. The van der Waals surface area contributed by atoms with Gasteiger partial charge in [-0.2, -0.15) is 4.98 Å². The molecule has 0 N–H and O–H groups in total. The van der Waals surface area contributed by atoms with Crippen LogP contribution in [0.25, 0.3) is 39.1 Å². The molecule has 0 saturated heterocycles. The fourth-order valence-electron chi connectivity index (χ4n) is 11.8. The lowest BCUT2D eigenvalue weighted by Crippen LogP contribution is -2.75. The van der Waals surface area contributed by atoms with E-state index in [1.807, 2.05) is 11.8 Å². The van der Waals surface area contributed by atoms with Gasteiger partial charge in [0.1, 0.15) is 5.52 Å². The molecule has 12 rings (SSSR count). The number of nitrogens with zero attached hydrogens (tertiary/aromatic N) is 2. The Bertz CT molecular complexity index is 3080. The van der Waals surface area contributed by atoms with Gasteiger partial charge in [-0.15, -0.1) is 0 Å². The van der Waals surface area contributed by atoms with Crippen LogP contribution in [0.5, 0.6) is 0 Å². The van der Waals surface area contributed by atoms with E-state index >= 15 is 0 Å². The zero-order chi connectivity index (χ0) is 40.7. The second-order valence-corrected chi connectivity index (χ2v) is 23.2. The van der Waals surface area contributed by atoms with E-state index < -0.39 is 8.07 Å². The van der Waals surface area contributed by atoms with Crippen molar-refractivity contribution in [1.82, 2.24) is 9.38 Å². The van der Waals surface area contributed by atoms with Crippen LogP contribution in [0.1, 0.15) is 99.3 Å². The van der Waals surface area contributed by atoms with Gasteiger partial charge in [-0.3, -0.25) is 4.40 Å². The molecule has 5 heteroatoms. The molecule has 7 aromatic carbocycles. The van der Waals surface area contributed by atoms with Gasteiger partial charge in [0.15, 0.2) is 13.7 Å². The summed E-state index contributed by atoms with van der Waals surface area (Å²) in [6, 6.07) is 60.4. The number of benzene rings is 7. The second kappa shape index (κ2) is 14.5. The van der Waals surface area contributed by atoms with Crippen molar-refractivity contribution in [2.24, 2.45) is 0 Å². The lowest BCUT2D eigenvalue weighted by Gasteiger charge is -2.41. The van der Waals surface area contributed by atoms with Crippen LogP contribution in [0.2, 0.25) is 0 Å². The Morgan fingerprint density at radius 2 is 1.21 bits per heavy atom. The molecule has 0 amide bonds. The van der Waals surface area contributed by atoms with Crippen molar-refractivity contribution in [3.63, 3.8) is 0 Å². The van der Waals surface area contributed by atoms with Crippen molar-refractivity contribution in [3.05, 3.63) is 180 Å². The van der Waals surface area contributed by atoms with E-state index in [1.165, 1.54) is 115 Å². The predicted molar refractivity (Wildman–Crippen MR) is 257 cm³/mol. The van der Waals surface area contributed by atoms with E-state index in [2.05, 4.69) is 176 Å². The van der Waals surface area contributed by atoms with Gasteiger partial charge in [0.2, 0.25) is 0 Å². The van der Waals surface area contributed by atoms with Crippen LogP contribution < -0.4 is 20.7 Å². The van der Waals surface area contributed by atoms with Crippen LogP contribution in [-0.4, -0.2) is 17.5 Å². The molecule has 3 heterocycles. The van der Waals surface area contributed by atoms with Crippen molar-refractivity contribution in [3.8, 4) is 11.1 Å². The smallest absolute Gasteiger partial charge is 0.307 e. The summed E-state index contributed by atoms with van der Waals surface area (Å²) in [5.74, 6) is 1.77. The van der Waals surface area contributed by atoms with Gasteiger partial charge in [0.25, 0.3) is 0 Å². The van der Waals surface area contributed by atoms with Gasteiger partial charge in [0.05, 0.1) is 11.0 Å². The zero-order valence-corrected chi connectivity index (χ0v) is 36.9. The second-order valence-electron chi connectivity index (χ2n) is 18.4. The molecule has 0 radical (unpaired) electrons. The number of oxazole rings is 1. The molecule has 3 nitrogen and oxygen atoms in total. The number of para-hydroxylation sites is 1. The molecular weight excluding hydrogens is 777 g/mol. The number of aromatic nitrogens is 2. The molecular formula is C56H50N2OSSi. The Morgan fingerprint density at radius 3 is 1.95 bits per heavy atom. The van der Waals surface area contributed by atoms with Crippen LogP contribution >= 0.6 is 11.8 Å². The van der Waals surface area contributed by atoms with Crippen LogP contribution in [-0.2, 0) is 5.41 Å². The minimum absolute atomic E-state index is 0.144. The van der Waals surface area contributed by atoms with Gasteiger partial charge in [-0.1, -0.05) is 191 Å². The zero-order valence-electron chi connectivity index (χ0n) is 35.0. The Labute approximate surface area is 363 Å². The molecule has 9 aromatic rings. The van der Waals surface area contributed by atoms with Crippen molar-refractivity contribution >= 4 is 68.6 Å². The van der Waals surface area contributed by atoms with E-state index in [0.29, 0.717) is 17.7 Å². The number of hydrogen-bond donors (Lipinski definition) is 0. The topological polar surface area (TPSA) is 30.4 Å². The van der Waals surface area contributed by atoms with Crippen LogP contribution in [0, 0.1) is 0 Å². The third-order valence-corrected chi connectivity index (χ3v) is 20.9. The molecule has 2 aromatic heterocycles. The maximum absolute atomic E-state index is 6.84. The number of imidazole rings is 1. The molecule has 0 bridgehead atoms. The van der Waals surface area contributed by atoms with E-state index in [9.17, 15) is 0 Å². The summed E-state index contributed by atoms with van der Waals surface area (Å²) in [5, 5.41) is 5.62. The maximum Gasteiger partial charge on any atom is 0.307 e. The van der Waals surface area contributed by atoms with Gasteiger partial charge >= 0.3 is 5.84 Å². The first kappa shape index (κ1) is 37.2. The average molecular weight is 827 g/mol. The van der Waals surface area contributed by atoms with Crippen molar-refractivity contribution in [2.45, 2.75) is 92.3 Å². The first-order valence-electron chi connectivity index (χ1n) is 22.5. The SMILES string of the molecule is CC1(C)c2ccccc2Sc2c1cccc2[Si](c1ccccc1)(c1ccccc1)c1cccc(-c2c(C3CCCC3)ccc3c2nc2oc4c(C5CCCC5)cccc4n23)c1. The van der Waals surface area contributed by atoms with Crippen LogP contribution in [0.3, 0.4) is 0 Å². The lowest BCUT2D eigenvalue weighted by molar-refractivity contribution is 0.608. The Kier molecular flexibility index (Phi) is 8.83. The van der Waals surface area contributed by atoms with E-state index in [4.69, 9.17) is 9.40 Å². The summed E-state index contributed by atoms with van der Waals surface area (Å²) < 4.78 is 9.14. The van der Waals surface area contributed by atoms with Gasteiger partial charge in [-0.05, 0) is 98.7 Å². The molecule has 2 aliphatic carbocycles. The highest BCUT2D eigenvalue weighted by atomic mass is 32.2. The predicted octanol–water partition coefficient (Wildman–Crippen LogP) is 12.4. The van der Waals surface area contributed by atoms with Crippen LogP contribution in [0.15, 0.2) is 172 Å². The fourth-order valence-corrected chi connectivity index (χ4v) is 18.7. The largest absolute Gasteiger partial charge is 0.423 e. The molecule has 2 fully saturated rings. The molecule has 0 spiro atoms. The van der Waals surface area contributed by atoms with Crippen LogP contribution in [0.4, 0.5) is 0 Å². The highest BCUT2D eigenvalue weighted by Crippen LogP contribution is 2.49. The van der Waals surface area contributed by atoms with Crippen molar-refractivity contribution < 1.29 is 4.42 Å². The van der Waals surface area contributed by atoms with Gasteiger partial charge < -0.3 is 4.42 Å². The fraction of sp³-hybridized carbons (Fsp3) is 0.232. The first-order chi connectivity index (χ1) is 30.0. The highest BCUT2D eigenvalue weighted by molar-refractivity contribution is 7.99. The van der Waals surface area contributed by atoms with Crippen molar-refractivity contribution in [1.29, 1.82) is 0 Å². The third kappa shape index (κ3) is 5.66. The first-order valence-corrected chi connectivity index (χ1v) is 25.3. The Hall–Kier alpha value is -5.62. The molecule has 0 unspecified atom stereocenters. The minimum Gasteiger partial charge on any atom is -0.423 e. The number of hydrogen-bond acceptors (Lipinski definition) is 3. The normalized spacial score (nSPS) is 16.8. The van der Waals surface area contributed by atoms with Gasteiger partial charge in [0, 0.05) is 26.3 Å². The van der Waals surface area contributed by atoms with E-state index in [-0.39, 0.29) is 5.41 Å². The summed E-state index contributed by atoms with van der Waals surface area (Å²) >= 11 is 1.97. The minimum atomic E-state index is -2.98. The maximum atomic E-state index is 6.84. The summed E-state index contributed by atoms with van der Waals surface area (Å²) in [7, 11) is -2.98. The Morgan fingerprint density at radius 1 is 0.590 bits per heavy atom. The standard InChI is InChI=1S/C56H50N2OSSi/c1-56(2)45-29-13-14-32-49(45)60-54-46(56)30-17-33-50(54)61(40-23-5-3-6-24-40,41-25-7-4-8-26-41)42-27-15-22-39(36-42)51-43(37-18-9-10-19-37)34-35-47-52(51)57-55-58(47)48-31-16-28-44(53(48)59-55)38-20-11-12-21-38/h3-8,13-17,22-38H,9-12,18-21H2,1-2H3. The third-order valence-electron chi connectivity index (χ3n) is 14.7. The molecule has 1 aliphatic heterocycles. The quantitative estimate of drug-likeness (QED) is 0.118. The Balaban J connectivity index is 1.13. The summed E-state index contributed by atoms with van der Waals surface area (Å²) in [6.45, 7) is 4.82. The summed E-state index contributed by atoms with van der Waals surface area (Å²) in [5.41, 5.74) is 12.3. The molecule has 0 atom stereocenters. The molecule has 61 heavy (non-hydrogen) atoms. The van der Waals surface area contributed by atoms with Gasteiger partial charge in [-0.25, -0.2) is 0 Å². The number of rotatable bonds is 7.